The van der Waals surface area contributed by atoms with Crippen LogP contribution in [0.25, 0.3) is 28.1 Å². The first-order chi connectivity index (χ1) is 15.2. The van der Waals surface area contributed by atoms with Gasteiger partial charge < -0.3 is 15.2 Å². The van der Waals surface area contributed by atoms with Crippen LogP contribution in [0.2, 0.25) is 0 Å². The predicted octanol–water partition coefficient (Wildman–Crippen LogP) is 5.24. The summed E-state index contributed by atoms with van der Waals surface area (Å²) in [5, 5.41) is 7.70. The minimum atomic E-state index is 0.0534. The van der Waals surface area contributed by atoms with Crippen molar-refractivity contribution in [2.75, 3.05) is 19.6 Å². The Bertz CT molecular complexity index is 1010. The Morgan fingerprint density at radius 1 is 1.00 bits per heavy atom. The van der Waals surface area contributed by atoms with E-state index in [1.54, 1.807) is 0 Å². The largest absolute Gasteiger partial charge is 0.353 e. The van der Waals surface area contributed by atoms with Gasteiger partial charge in [-0.2, -0.15) is 0 Å². The highest BCUT2D eigenvalue weighted by molar-refractivity contribution is 5.87. The second-order valence-electron chi connectivity index (χ2n) is 8.60. The van der Waals surface area contributed by atoms with Crippen molar-refractivity contribution in [1.82, 2.24) is 15.2 Å². The van der Waals surface area contributed by atoms with Crippen molar-refractivity contribution in [2.45, 2.75) is 38.6 Å². The molecule has 162 valence electrons. The van der Waals surface area contributed by atoms with Crippen LogP contribution in [0.15, 0.2) is 61.3 Å². The molecule has 1 heterocycles. The lowest BCUT2D eigenvalue weighted by atomic mass is 9.89. The Morgan fingerprint density at radius 2 is 1.77 bits per heavy atom. The summed E-state index contributed by atoms with van der Waals surface area (Å²) in [5.41, 5.74) is 4.50. The first-order valence-corrected chi connectivity index (χ1v) is 11.5. The fourth-order valence-electron chi connectivity index (χ4n) is 4.51. The lowest BCUT2D eigenvalue weighted by Crippen LogP contribution is -2.35. The van der Waals surface area contributed by atoms with Gasteiger partial charge in [0, 0.05) is 24.8 Å². The van der Waals surface area contributed by atoms with E-state index in [0.29, 0.717) is 13.1 Å². The highest BCUT2D eigenvalue weighted by Gasteiger charge is 2.12. The van der Waals surface area contributed by atoms with Crippen molar-refractivity contribution in [1.29, 1.82) is 0 Å². The molecule has 4 heteroatoms. The molecule has 1 aliphatic carbocycles. The van der Waals surface area contributed by atoms with Crippen molar-refractivity contribution in [3.63, 3.8) is 0 Å². The maximum atomic E-state index is 12.5. The molecule has 2 N–H and O–H groups in total. The van der Waals surface area contributed by atoms with Crippen molar-refractivity contribution in [3.8, 4) is 11.1 Å². The standard InChI is InChI=1S/C27H33N3O/c1-2-21-8-10-23(11-9-21)25-13-12-24-14-17-30(26(24)18-25)20-27(31)29-16-15-28-19-22-6-4-3-5-7-22/h2,8-14,17-18,22,28H,1,3-7,15-16,19-20H2,(H,29,31). The number of nitrogens with one attached hydrogen (secondary N) is 2. The van der Waals surface area contributed by atoms with Crippen LogP contribution in [0, 0.1) is 5.92 Å². The minimum Gasteiger partial charge on any atom is -0.353 e. The molecule has 0 spiro atoms. The molecule has 31 heavy (non-hydrogen) atoms. The van der Waals surface area contributed by atoms with Gasteiger partial charge >= 0.3 is 0 Å². The third-order valence-corrected chi connectivity index (χ3v) is 6.35. The maximum absolute atomic E-state index is 12.5. The van der Waals surface area contributed by atoms with Gasteiger partial charge in [0.2, 0.25) is 5.91 Å². The van der Waals surface area contributed by atoms with Gasteiger partial charge in [-0.25, -0.2) is 0 Å². The summed E-state index contributed by atoms with van der Waals surface area (Å²) in [6.45, 7) is 6.74. The molecule has 0 bridgehead atoms. The number of nitrogens with zero attached hydrogens (tertiary/aromatic N) is 1. The van der Waals surface area contributed by atoms with Gasteiger partial charge in [0.1, 0.15) is 6.54 Å². The molecule has 0 aliphatic heterocycles. The SMILES string of the molecule is C=Cc1ccc(-c2ccc3ccn(CC(=O)NCCNCC4CCCCC4)c3c2)cc1. The third kappa shape index (κ3) is 5.65. The van der Waals surface area contributed by atoms with Crippen LogP contribution >= 0.6 is 0 Å². The van der Waals surface area contributed by atoms with E-state index in [-0.39, 0.29) is 5.91 Å². The number of rotatable bonds is 9. The van der Waals surface area contributed by atoms with Crippen LogP contribution in [-0.4, -0.2) is 30.1 Å². The Labute approximate surface area is 185 Å². The second-order valence-corrected chi connectivity index (χ2v) is 8.60. The first-order valence-electron chi connectivity index (χ1n) is 11.5. The highest BCUT2D eigenvalue weighted by Crippen LogP contribution is 2.26. The van der Waals surface area contributed by atoms with Crippen LogP contribution in [0.4, 0.5) is 0 Å². The maximum Gasteiger partial charge on any atom is 0.239 e. The number of aromatic nitrogens is 1. The molecule has 4 nitrogen and oxygen atoms in total. The molecule has 0 radical (unpaired) electrons. The van der Waals surface area contributed by atoms with Gasteiger partial charge in [-0.3, -0.25) is 4.79 Å². The lowest BCUT2D eigenvalue weighted by Gasteiger charge is -2.21. The number of benzene rings is 2. The quantitative estimate of drug-likeness (QED) is 0.470. The summed E-state index contributed by atoms with van der Waals surface area (Å²) in [6, 6.07) is 16.8. The summed E-state index contributed by atoms with van der Waals surface area (Å²) < 4.78 is 2.03. The Morgan fingerprint density at radius 3 is 2.55 bits per heavy atom. The minimum absolute atomic E-state index is 0.0534. The Balaban J connectivity index is 1.31. The van der Waals surface area contributed by atoms with Gasteiger partial charge in [-0.1, -0.05) is 68.3 Å². The van der Waals surface area contributed by atoms with Crippen molar-refractivity contribution in [2.24, 2.45) is 5.92 Å². The highest BCUT2D eigenvalue weighted by atomic mass is 16.1. The molecule has 0 atom stereocenters. The molecule has 1 aliphatic rings. The first kappa shape index (κ1) is 21.4. The van der Waals surface area contributed by atoms with E-state index in [1.807, 2.05) is 16.8 Å². The van der Waals surface area contributed by atoms with Crippen molar-refractivity contribution >= 4 is 22.9 Å². The number of hydrogen-bond acceptors (Lipinski definition) is 2. The predicted molar refractivity (Wildman–Crippen MR) is 130 cm³/mol. The van der Waals surface area contributed by atoms with E-state index in [4.69, 9.17) is 0 Å². The molecule has 3 aromatic rings. The Kier molecular flexibility index (Phi) is 7.21. The zero-order chi connectivity index (χ0) is 21.5. The fraction of sp³-hybridized carbons (Fsp3) is 0.370. The van der Waals surface area contributed by atoms with Gasteiger partial charge in [-0.05, 0) is 59.5 Å². The Hall–Kier alpha value is -2.85. The van der Waals surface area contributed by atoms with Crippen molar-refractivity contribution in [3.05, 3.63) is 66.9 Å². The summed E-state index contributed by atoms with van der Waals surface area (Å²) in [5.74, 6) is 0.871. The second kappa shape index (κ2) is 10.5. The normalized spacial score (nSPS) is 14.6. The average molecular weight is 416 g/mol. The number of carbonyl (C=O) groups is 1. The average Bonchev–Trinajstić information content (AvgIpc) is 3.21. The fourth-order valence-corrected chi connectivity index (χ4v) is 4.51. The van der Waals surface area contributed by atoms with Crippen molar-refractivity contribution < 1.29 is 4.79 Å². The number of fused-ring (bicyclic) bond motifs is 1. The van der Waals surface area contributed by atoms with Crippen LogP contribution in [0.1, 0.15) is 37.7 Å². The molecular weight excluding hydrogens is 382 g/mol. The van der Waals surface area contributed by atoms with Gasteiger partial charge in [0.25, 0.3) is 0 Å². The smallest absolute Gasteiger partial charge is 0.239 e. The molecule has 1 amide bonds. The van der Waals surface area contributed by atoms with E-state index >= 15 is 0 Å². The molecule has 0 saturated heterocycles. The van der Waals surface area contributed by atoms with E-state index < -0.39 is 0 Å². The van der Waals surface area contributed by atoms with Gasteiger partial charge in [0.05, 0.1) is 0 Å². The topological polar surface area (TPSA) is 46.1 Å². The van der Waals surface area contributed by atoms with Crippen LogP contribution < -0.4 is 10.6 Å². The molecule has 4 rings (SSSR count). The number of hydrogen-bond donors (Lipinski definition) is 2. The molecule has 1 aromatic heterocycles. The molecule has 1 fully saturated rings. The summed E-state index contributed by atoms with van der Waals surface area (Å²) in [6.07, 6.45) is 10.7. The van der Waals surface area contributed by atoms with Gasteiger partial charge in [0.15, 0.2) is 0 Å². The van der Waals surface area contributed by atoms with Gasteiger partial charge in [-0.15, -0.1) is 0 Å². The number of amides is 1. The van der Waals surface area contributed by atoms with Crippen LogP contribution in [-0.2, 0) is 11.3 Å². The summed E-state index contributed by atoms with van der Waals surface area (Å²) >= 11 is 0. The van der Waals surface area contributed by atoms with E-state index in [1.165, 1.54) is 32.1 Å². The number of carbonyl (C=O) groups excluding carboxylic acids is 1. The molecule has 2 aromatic carbocycles. The lowest BCUT2D eigenvalue weighted by molar-refractivity contribution is -0.121. The zero-order valence-electron chi connectivity index (χ0n) is 18.3. The monoisotopic (exact) mass is 415 g/mol. The summed E-state index contributed by atoms with van der Waals surface area (Å²) in [4.78, 5) is 12.5. The molecule has 0 unspecified atom stereocenters. The van der Waals surface area contributed by atoms with E-state index in [0.717, 1.165) is 46.6 Å². The molecule has 1 saturated carbocycles. The zero-order valence-corrected chi connectivity index (χ0v) is 18.3. The summed E-state index contributed by atoms with van der Waals surface area (Å²) in [7, 11) is 0. The van der Waals surface area contributed by atoms with Crippen LogP contribution in [0.3, 0.4) is 0 Å². The van der Waals surface area contributed by atoms with E-state index in [9.17, 15) is 4.79 Å². The molecular formula is C27H33N3O. The third-order valence-electron chi connectivity index (χ3n) is 6.35. The van der Waals surface area contributed by atoms with E-state index in [2.05, 4.69) is 65.7 Å². The van der Waals surface area contributed by atoms with Crippen LogP contribution in [0.5, 0.6) is 0 Å².